The van der Waals surface area contributed by atoms with E-state index in [0.717, 1.165) is 69.7 Å². The summed E-state index contributed by atoms with van der Waals surface area (Å²) in [4.78, 5) is 29.9. The van der Waals surface area contributed by atoms with Crippen LogP contribution in [0.4, 0.5) is 5.95 Å². The summed E-state index contributed by atoms with van der Waals surface area (Å²) < 4.78 is 6.17. The van der Waals surface area contributed by atoms with Crippen LogP contribution < -0.4 is 15.0 Å². The van der Waals surface area contributed by atoms with Crippen molar-refractivity contribution in [3.8, 4) is 22.9 Å². The van der Waals surface area contributed by atoms with Gasteiger partial charge >= 0.3 is 5.97 Å². The molecular weight excluding hydrogens is 551 g/mol. The van der Waals surface area contributed by atoms with Gasteiger partial charge in [-0.2, -0.15) is 0 Å². The van der Waals surface area contributed by atoms with Crippen LogP contribution >= 0.6 is 23.2 Å². The normalized spacial score (nSPS) is 23.1. The van der Waals surface area contributed by atoms with Gasteiger partial charge in [-0.1, -0.05) is 23.2 Å². The quantitative estimate of drug-likeness (QED) is 0.399. The van der Waals surface area contributed by atoms with Gasteiger partial charge in [0.15, 0.2) is 5.75 Å². The van der Waals surface area contributed by atoms with Crippen LogP contribution in [0.5, 0.6) is 11.6 Å². The highest BCUT2D eigenvalue weighted by Gasteiger charge is 2.54. The van der Waals surface area contributed by atoms with Gasteiger partial charge in [0.05, 0.1) is 24.0 Å². The first-order chi connectivity index (χ1) is 19.4. The minimum absolute atomic E-state index is 0.160. The van der Waals surface area contributed by atoms with Crippen molar-refractivity contribution in [3.05, 3.63) is 58.3 Å². The third-order valence-corrected chi connectivity index (χ3v) is 8.50. The van der Waals surface area contributed by atoms with Crippen LogP contribution in [-0.4, -0.2) is 70.2 Å². The van der Waals surface area contributed by atoms with E-state index in [0.29, 0.717) is 51.7 Å². The highest BCUT2D eigenvalue weighted by atomic mass is 35.5. The Morgan fingerprint density at radius 1 is 0.975 bits per heavy atom. The number of benzene rings is 1. The lowest BCUT2D eigenvalue weighted by Gasteiger charge is -2.22. The maximum absolute atomic E-state index is 11.5. The highest BCUT2D eigenvalue weighted by molar-refractivity contribution is 6.35. The number of hydrogen-bond donors (Lipinski definition) is 2. The molecule has 1 aromatic carbocycles. The van der Waals surface area contributed by atoms with Crippen molar-refractivity contribution >= 4 is 35.1 Å². The molecule has 0 amide bonds. The number of halogens is 2. The summed E-state index contributed by atoms with van der Waals surface area (Å²) in [7, 11) is 0. The number of nitrogens with one attached hydrogen (secondary N) is 1. The number of aromatic nitrogens is 3. The van der Waals surface area contributed by atoms with Crippen molar-refractivity contribution in [1.82, 2.24) is 25.2 Å². The van der Waals surface area contributed by atoms with Crippen molar-refractivity contribution in [2.24, 2.45) is 17.8 Å². The molecule has 40 heavy (non-hydrogen) atoms. The van der Waals surface area contributed by atoms with Crippen LogP contribution in [0.2, 0.25) is 10.0 Å². The van der Waals surface area contributed by atoms with Gasteiger partial charge < -0.3 is 20.1 Å². The molecule has 3 fully saturated rings. The van der Waals surface area contributed by atoms with E-state index in [9.17, 15) is 9.90 Å². The first-order valence-corrected chi connectivity index (χ1v) is 14.6. The van der Waals surface area contributed by atoms with Crippen LogP contribution in [-0.2, 0) is 11.3 Å². The Bertz CT molecular complexity index is 1330. The summed E-state index contributed by atoms with van der Waals surface area (Å²) in [6.45, 7) is 6.12. The third kappa shape index (κ3) is 6.33. The Morgan fingerprint density at radius 3 is 2.40 bits per heavy atom. The standard InChI is InChI=1S/C29H32Cl2N6O3/c30-20-12-19(13-21(31)14-20)25-10-18(17-36-7-2-23-24(3-8-36)27(23)28(38)39)11-26(35-25)40-22-15-33-29(34-16-22)37-6-1-4-32-5-9-37/h10-16,23-24,27,32H,1-9,17H2,(H,38,39). The summed E-state index contributed by atoms with van der Waals surface area (Å²) in [5.74, 6) is 1.43. The molecule has 0 radical (unpaired) electrons. The number of pyridine rings is 1. The first-order valence-electron chi connectivity index (χ1n) is 13.8. The lowest BCUT2D eigenvalue weighted by atomic mass is 10.1. The lowest BCUT2D eigenvalue weighted by Crippen LogP contribution is -2.29. The van der Waals surface area contributed by atoms with Crippen molar-refractivity contribution in [1.29, 1.82) is 0 Å². The van der Waals surface area contributed by atoms with E-state index < -0.39 is 5.97 Å². The topological polar surface area (TPSA) is 104 Å². The number of hydrogen-bond acceptors (Lipinski definition) is 8. The number of likely N-dealkylation sites (tertiary alicyclic amines) is 1. The highest BCUT2D eigenvalue weighted by Crippen LogP contribution is 2.52. The fraction of sp³-hybridized carbons (Fsp3) is 0.448. The minimum Gasteiger partial charge on any atom is -0.481 e. The predicted molar refractivity (Wildman–Crippen MR) is 154 cm³/mol. The van der Waals surface area contributed by atoms with E-state index in [-0.39, 0.29) is 5.92 Å². The molecule has 210 valence electrons. The summed E-state index contributed by atoms with van der Waals surface area (Å²) in [5.41, 5.74) is 2.54. The maximum atomic E-state index is 11.5. The molecule has 2 N–H and O–H groups in total. The van der Waals surface area contributed by atoms with Crippen LogP contribution in [0.25, 0.3) is 11.3 Å². The monoisotopic (exact) mass is 582 g/mol. The number of nitrogens with zero attached hydrogens (tertiary/aromatic N) is 5. The van der Waals surface area contributed by atoms with E-state index >= 15 is 0 Å². The van der Waals surface area contributed by atoms with E-state index in [1.54, 1.807) is 18.5 Å². The number of aliphatic carboxylic acids is 1. The van der Waals surface area contributed by atoms with Gasteiger partial charge in [0.2, 0.25) is 11.8 Å². The summed E-state index contributed by atoms with van der Waals surface area (Å²) in [6.07, 6.45) is 6.23. The zero-order valence-corrected chi connectivity index (χ0v) is 23.6. The smallest absolute Gasteiger partial charge is 0.307 e. The molecule has 2 atom stereocenters. The zero-order chi connectivity index (χ0) is 27.6. The molecule has 0 bridgehead atoms. The van der Waals surface area contributed by atoms with E-state index in [2.05, 4.69) is 25.1 Å². The number of carbonyl (C=O) groups is 1. The van der Waals surface area contributed by atoms with Crippen molar-refractivity contribution in [2.45, 2.75) is 25.8 Å². The van der Waals surface area contributed by atoms with Gasteiger partial charge in [-0.25, -0.2) is 15.0 Å². The van der Waals surface area contributed by atoms with Gasteiger partial charge in [-0.15, -0.1) is 0 Å². The molecule has 4 heterocycles. The van der Waals surface area contributed by atoms with Crippen molar-refractivity contribution in [2.75, 3.05) is 44.2 Å². The van der Waals surface area contributed by atoms with Gasteiger partial charge in [0.25, 0.3) is 0 Å². The van der Waals surface area contributed by atoms with Crippen LogP contribution in [0, 0.1) is 17.8 Å². The van der Waals surface area contributed by atoms with E-state index in [1.165, 1.54) is 0 Å². The maximum Gasteiger partial charge on any atom is 0.307 e. The average molecular weight is 584 g/mol. The predicted octanol–water partition coefficient (Wildman–Crippen LogP) is 4.98. The fourth-order valence-electron chi connectivity index (χ4n) is 6.03. The van der Waals surface area contributed by atoms with Gasteiger partial charge in [0.1, 0.15) is 0 Å². The second-order valence-corrected chi connectivity index (χ2v) is 11.7. The second kappa shape index (κ2) is 11.9. The molecule has 2 unspecified atom stereocenters. The van der Waals surface area contributed by atoms with Crippen LogP contribution in [0.15, 0.2) is 42.7 Å². The lowest BCUT2D eigenvalue weighted by molar-refractivity contribution is -0.139. The molecule has 2 saturated heterocycles. The van der Waals surface area contributed by atoms with Gasteiger partial charge in [-0.3, -0.25) is 9.69 Å². The minimum atomic E-state index is -0.648. The fourth-order valence-corrected chi connectivity index (χ4v) is 6.56. The molecule has 2 aromatic heterocycles. The molecule has 0 spiro atoms. The Morgan fingerprint density at radius 2 is 1.70 bits per heavy atom. The molecule has 2 aliphatic heterocycles. The number of ether oxygens (including phenoxy) is 1. The van der Waals surface area contributed by atoms with Crippen LogP contribution in [0.3, 0.4) is 0 Å². The molecule has 3 aromatic rings. The molecule has 1 aliphatic carbocycles. The molecule has 6 rings (SSSR count). The Kier molecular flexibility index (Phi) is 8.07. The second-order valence-electron chi connectivity index (χ2n) is 10.8. The number of rotatable bonds is 7. The van der Waals surface area contributed by atoms with E-state index in [4.69, 9.17) is 32.9 Å². The summed E-state index contributed by atoms with van der Waals surface area (Å²) in [6, 6.07) is 9.34. The molecular formula is C29H32Cl2N6O3. The Balaban J connectivity index is 1.22. The average Bonchev–Trinajstić information content (AvgIpc) is 3.70. The largest absolute Gasteiger partial charge is 0.481 e. The zero-order valence-electron chi connectivity index (χ0n) is 22.1. The first kappa shape index (κ1) is 27.2. The number of fused-ring (bicyclic) bond motifs is 1. The molecule has 11 heteroatoms. The van der Waals surface area contributed by atoms with Gasteiger partial charge in [0, 0.05) is 47.9 Å². The third-order valence-electron chi connectivity index (χ3n) is 8.06. The van der Waals surface area contributed by atoms with E-state index in [1.807, 2.05) is 24.3 Å². The van der Waals surface area contributed by atoms with Crippen molar-refractivity contribution < 1.29 is 14.6 Å². The number of carboxylic acid groups (broad SMARTS) is 1. The number of anilines is 1. The summed E-state index contributed by atoms with van der Waals surface area (Å²) >= 11 is 12.6. The molecule has 3 aliphatic rings. The van der Waals surface area contributed by atoms with Crippen LogP contribution in [0.1, 0.15) is 24.8 Å². The molecule has 1 saturated carbocycles. The number of carboxylic acids is 1. The van der Waals surface area contributed by atoms with Gasteiger partial charge in [-0.05, 0) is 80.6 Å². The van der Waals surface area contributed by atoms with Crippen molar-refractivity contribution in [3.63, 3.8) is 0 Å². The Hall–Kier alpha value is -2.98. The SMILES string of the molecule is O=C(O)C1C2CCN(Cc3cc(Oc4cnc(N5CCCNCC5)nc4)nc(-c4cc(Cl)cc(Cl)c4)c3)CCC21. The molecule has 9 nitrogen and oxygen atoms in total. The Labute approximate surface area is 243 Å². The summed E-state index contributed by atoms with van der Waals surface area (Å²) in [5, 5.41) is 13.9.